The van der Waals surface area contributed by atoms with E-state index in [9.17, 15) is 5.11 Å². The summed E-state index contributed by atoms with van der Waals surface area (Å²) >= 11 is 0. The molecule has 1 aromatic heterocycles. The molecule has 1 aliphatic carbocycles. The first kappa shape index (κ1) is 19.0. The van der Waals surface area contributed by atoms with Gasteiger partial charge in [-0.15, -0.1) is 0 Å². The van der Waals surface area contributed by atoms with E-state index in [1.165, 1.54) is 12.8 Å². The van der Waals surface area contributed by atoms with Crippen LogP contribution in [0.2, 0.25) is 0 Å². The van der Waals surface area contributed by atoms with Crippen molar-refractivity contribution in [1.29, 1.82) is 0 Å². The molecule has 136 valence electrons. The van der Waals surface area contributed by atoms with E-state index in [1.54, 1.807) is 12.3 Å². The zero-order valence-electron chi connectivity index (χ0n) is 15.0. The highest BCUT2D eigenvalue weighted by molar-refractivity contribution is 5.22. The van der Waals surface area contributed by atoms with Crippen LogP contribution in [0.1, 0.15) is 33.6 Å². The largest absolute Gasteiger partial charge is 0.490 e. The summed E-state index contributed by atoms with van der Waals surface area (Å²) in [4.78, 5) is 4.18. The van der Waals surface area contributed by atoms with E-state index in [-0.39, 0.29) is 12.1 Å². The van der Waals surface area contributed by atoms with E-state index in [4.69, 9.17) is 14.2 Å². The molecule has 24 heavy (non-hydrogen) atoms. The molecule has 6 heteroatoms. The molecular weight excluding hydrogens is 308 g/mol. The standard InChI is InChI=1S/C18H30N2O4/c1-18(2,3)20-10-15(21)13-24-17-7-6-16(11-19-17)23-9-8-22-12-14-4-5-14/h6-7,11,14-15,20-21H,4-5,8-10,12-13H2,1-3H3/t15-/m0/s1. The van der Waals surface area contributed by atoms with Gasteiger partial charge in [0.1, 0.15) is 25.1 Å². The van der Waals surface area contributed by atoms with Crippen molar-refractivity contribution in [3.8, 4) is 11.6 Å². The lowest BCUT2D eigenvalue weighted by molar-refractivity contribution is 0.0919. The van der Waals surface area contributed by atoms with E-state index in [2.05, 4.69) is 31.1 Å². The minimum absolute atomic E-state index is 0.0272. The van der Waals surface area contributed by atoms with E-state index in [0.717, 1.165) is 12.5 Å². The van der Waals surface area contributed by atoms with Crippen molar-refractivity contribution in [3.63, 3.8) is 0 Å². The van der Waals surface area contributed by atoms with Crippen LogP contribution in [0.4, 0.5) is 0 Å². The number of rotatable bonds is 11. The molecular formula is C18H30N2O4. The summed E-state index contributed by atoms with van der Waals surface area (Å²) in [5, 5.41) is 13.1. The molecule has 6 nitrogen and oxygen atoms in total. The first-order valence-corrected chi connectivity index (χ1v) is 8.65. The van der Waals surface area contributed by atoms with E-state index >= 15 is 0 Å². The second-order valence-corrected chi connectivity index (χ2v) is 7.29. The number of pyridine rings is 1. The Kier molecular flexibility index (Phi) is 7.27. The van der Waals surface area contributed by atoms with Gasteiger partial charge in [0.2, 0.25) is 5.88 Å². The number of aliphatic hydroxyl groups is 1. The maximum Gasteiger partial charge on any atom is 0.213 e. The molecule has 1 saturated carbocycles. The van der Waals surface area contributed by atoms with Crippen molar-refractivity contribution >= 4 is 0 Å². The number of hydrogen-bond acceptors (Lipinski definition) is 6. The average molecular weight is 338 g/mol. The van der Waals surface area contributed by atoms with Crippen LogP contribution in [0.5, 0.6) is 11.6 Å². The number of β-amino-alcohol motifs (C(OH)–C–C–N with tert-alkyl or cyclic N) is 1. The molecule has 0 unspecified atom stereocenters. The highest BCUT2D eigenvalue weighted by Gasteiger charge is 2.20. The SMILES string of the molecule is CC(C)(C)NC[C@H](O)COc1ccc(OCCOCC2CC2)cn1. The minimum atomic E-state index is -0.578. The Labute approximate surface area is 144 Å². The molecule has 0 radical (unpaired) electrons. The third-order valence-electron chi connectivity index (χ3n) is 3.55. The van der Waals surface area contributed by atoms with Crippen LogP contribution in [-0.2, 0) is 4.74 Å². The number of nitrogens with one attached hydrogen (secondary N) is 1. The summed E-state index contributed by atoms with van der Waals surface area (Å²) in [6.45, 7) is 8.80. The van der Waals surface area contributed by atoms with Crippen LogP contribution >= 0.6 is 0 Å². The summed E-state index contributed by atoms with van der Waals surface area (Å²) in [6, 6.07) is 3.55. The Morgan fingerprint density at radius 1 is 1.25 bits per heavy atom. The third-order valence-corrected chi connectivity index (χ3v) is 3.55. The minimum Gasteiger partial charge on any atom is -0.490 e. The summed E-state index contributed by atoms with van der Waals surface area (Å²) in [6.07, 6.45) is 3.64. The van der Waals surface area contributed by atoms with Crippen molar-refractivity contribution in [2.45, 2.75) is 45.3 Å². The Balaban J connectivity index is 1.58. The van der Waals surface area contributed by atoms with Crippen molar-refractivity contribution < 1.29 is 19.3 Å². The fourth-order valence-electron chi connectivity index (χ4n) is 1.95. The fraction of sp³-hybridized carbons (Fsp3) is 0.722. The predicted octanol–water partition coefficient (Wildman–Crippen LogP) is 2.01. The monoisotopic (exact) mass is 338 g/mol. The van der Waals surface area contributed by atoms with Crippen molar-refractivity contribution in [2.24, 2.45) is 5.92 Å². The molecule has 2 rings (SSSR count). The van der Waals surface area contributed by atoms with Gasteiger partial charge in [-0.05, 0) is 45.6 Å². The van der Waals surface area contributed by atoms with Crippen LogP contribution < -0.4 is 14.8 Å². The van der Waals surface area contributed by atoms with Gasteiger partial charge in [0.15, 0.2) is 0 Å². The van der Waals surface area contributed by atoms with Crippen LogP contribution in [-0.4, -0.2) is 54.7 Å². The summed E-state index contributed by atoms with van der Waals surface area (Å²) in [7, 11) is 0. The van der Waals surface area contributed by atoms with E-state index < -0.39 is 6.10 Å². The van der Waals surface area contributed by atoms with Crippen LogP contribution in [0.15, 0.2) is 18.3 Å². The van der Waals surface area contributed by atoms with E-state index in [1.807, 2.05) is 6.07 Å². The summed E-state index contributed by atoms with van der Waals surface area (Å²) in [5.41, 5.74) is -0.0272. The molecule has 0 bridgehead atoms. The van der Waals surface area contributed by atoms with Gasteiger partial charge in [-0.3, -0.25) is 0 Å². The van der Waals surface area contributed by atoms with Crippen LogP contribution in [0.25, 0.3) is 0 Å². The van der Waals surface area contributed by atoms with Crippen molar-refractivity contribution in [1.82, 2.24) is 10.3 Å². The van der Waals surface area contributed by atoms with E-state index in [0.29, 0.717) is 31.4 Å². The number of nitrogens with zero attached hydrogens (tertiary/aromatic N) is 1. The fourth-order valence-corrected chi connectivity index (χ4v) is 1.95. The third kappa shape index (κ3) is 8.47. The van der Waals surface area contributed by atoms with Gasteiger partial charge in [0.05, 0.1) is 12.8 Å². The second-order valence-electron chi connectivity index (χ2n) is 7.29. The van der Waals surface area contributed by atoms with Gasteiger partial charge in [-0.1, -0.05) is 0 Å². The van der Waals surface area contributed by atoms with Crippen molar-refractivity contribution in [3.05, 3.63) is 18.3 Å². The van der Waals surface area contributed by atoms with Crippen LogP contribution in [0.3, 0.4) is 0 Å². The maximum atomic E-state index is 9.88. The Morgan fingerprint density at radius 3 is 2.67 bits per heavy atom. The van der Waals surface area contributed by atoms with Crippen LogP contribution in [0, 0.1) is 5.92 Å². The molecule has 0 amide bonds. The molecule has 0 saturated heterocycles. The zero-order valence-corrected chi connectivity index (χ0v) is 15.0. The molecule has 0 aliphatic heterocycles. The molecule has 2 N–H and O–H groups in total. The highest BCUT2D eigenvalue weighted by atomic mass is 16.5. The zero-order chi connectivity index (χ0) is 17.4. The van der Waals surface area contributed by atoms with Gasteiger partial charge in [-0.25, -0.2) is 4.98 Å². The first-order valence-electron chi connectivity index (χ1n) is 8.65. The lowest BCUT2D eigenvalue weighted by Gasteiger charge is -2.22. The Bertz CT molecular complexity index is 469. The summed E-state index contributed by atoms with van der Waals surface area (Å²) in [5.74, 6) is 1.94. The van der Waals surface area contributed by atoms with Gasteiger partial charge < -0.3 is 24.6 Å². The molecule has 1 aliphatic rings. The van der Waals surface area contributed by atoms with Gasteiger partial charge in [0, 0.05) is 24.8 Å². The molecule has 0 spiro atoms. The van der Waals surface area contributed by atoms with Gasteiger partial charge in [-0.2, -0.15) is 0 Å². The molecule has 1 aromatic rings. The normalized spacial score (nSPS) is 16.0. The number of aliphatic hydroxyl groups excluding tert-OH is 1. The summed E-state index contributed by atoms with van der Waals surface area (Å²) < 4.78 is 16.6. The Hall–Kier alpha value is -1.37. The molecule has 1 heterocycles. The predicted molar refractivity (Wildman–Crippen MR) is 92.5 cm³/mol. The smallest absolute Gasteiger partial charge is 0.213 e. The van der Waals surface area contributed by atoms with Gasteiger partial charge >= 0.3 is 0 Å². The van der Waals surface area contributed by atoms with Gasteiger partial charge in [0.25, 0.3) is 0 Å². The first-order chi connectivity index (χ1) is 11.4. The molecule has 0 aromatic carbocycles. The topological polar surface area (TPSA) is 72.8 Å². The highest BCUT2D eigenvalue weighted by Crippen LogP contribution is 2.28. The second kappa shape index (κ2) is 9.20. The van der Waals surface area contributed by atoms with Crippen molar-refractivity contribution in [2.75, 3.05) is 33.0 Å². The Morgan fingerprint density at radius 2 is 2.04 bits per heavy atom. The lowest BCUT2D eigenvalue weighted by Crippen LogP contribution is -2.42. The maximum absolute atomic E-state index is 9.88. The molecule has 1 fully saturated rings. The molecule has 1 atom stereocenters. The quantitative estimate of drug-likeness (QED) is 0.602. The number of hydrogen-bond donors (Lipinski definition) is 2. The average Bonchev–Trinajstić information content (AvgIpc) is 3.35. The lowest BCUT2D eigenvalue weighted by atomic mass is 10.1. The number of ether oxygens (including phenoxy) is 3. The number of aromatic nitrogens is 1.